The van der Waals surface area contributed by atoms with E-state index in [-0.39, 0.29) is 24.1 Å². The Labute approximate surface area is 223 Å². The number of methoxy groups -OCH3 is 1. The topological polar surface area (TPSA) is 92.9 Å². The van der Waals surface area contributed by atoms with Crippen LogP contribution < -0.4 is 20.3 Å². The first-order valence-electron chi connectivity index (χ1n) is 13.0. The number of likely N-dealkylation sites (N-methyl/N-ethyl adjacent to an activating group) is 1. The van der Waals surface area contributed by atoms with Crippen molar-refractivity contribution >= 4 is 17.5 Å². The Morgan fingerprint density at radius 1 is 1.19 bits per heavy atom. The molecule has 0 bridgehead atoms. The number of hydrogen-bond donors (Lipinski definition) is 2. The highest BCUT2D eigenvalue weighted by Crippen LogP contribution is 2.45. The van der Waals surface area contributed by atoms with Crippen molar-refractivity contribution in [2.24, 2.45) is 5.92 Å². The number of H-pyrrole nitrogens is 1. The third kappa shape index (κ3) is 6.13. The highest BCUT2D eigenvalue weighted by molar-refractivity contribution is 6.32. The summed E-state index contributed by atoms with van der Waals surface area (Å²) < 4.78 is 17.8. The molecule has 1 aromatic heterocycles. The number of rotatable bonds is 8. The van der Waals surface area contributed by atoms with Crippen LogP contribution in [0.25, 0.3) is 0 Å². The SMILES string of the molecule is COCCN(C)C1CCC(C2COc3c(Cl)cc(C(=O)NCc4c(C)cc(C)[nH]c4=O)c(C)c3O2)CC1. The lowest BCUT2D eigenvalue weighted by molar-refractivity contribution is 0.0199. The molecule has 1 aliphatic carbocycles. The van der Waals surface area contributed by atoms with Crippen LogP contribution in [0.5, 0.6) is 11.5 Å². The monoisotopic (exact) mass is 531 g/mol. The van der Waals surface area contributed by atoms with Gasteiger partial charge in [0, 0.05) is 48.6 Å². The van der Waals surface area contributed by atoms with Gasteiger partial charge in [-0.3, -0.25) is 9.59 Å². The van der Waals surface area contributed by atoms with Crippen molar-refractivity contribution in [2.45, 2.75) is 65.1 Å². The number of carbonyl (C=O) groups is 1. The molecule has 8 nitrogen and oxygen atoms in total. The fourth-order valence-corrected chi connectivity index (χ4v) is 5.74. The Morgan fingerprint density at radius 2 is 1.92 bits per heavy atom. The normalized spacial score (nSPS) is 21.2. The van der Waals surface area contributed by atoms with E-state index in [0.29, 0.717) is 51.8 Å². The van der Waals surface area contributed by atoms with Crippen LogP contribution >= 0.6 is 11.6 Å². The van der Waals surface area contributed by atoms with Crippen molar-refractivity contribution < 1.29 is 19.0 Å². The summed E-state index contributed by atoms with van der Waals surface area (Å²) in [5.41, 5.74) is 3.05. The zero-order valence-electron chi connectivity index (χ0n) is 22.4. The summed E-state index contributed by atoms with van der Waals surface area (Å²) in [5, 5.41) is 3.21. The fraction of sp³-hybridized carbons (Fsp3) is 0.571. The molecule has 1 atom stereocenters. The first kappa shape index (κ1) is 27.5. The van der Waals surface area contributed by atoms with Crippen molar-refractivity contribution in [1.82, 2.24) is 15.2 Å². The number of ether oxygens (including phenoxy) is 3. The number of nitrogens with one attached hydrogen (secondary N) is 2. The molecule has 2 N–H and O–H groups in total. The second-order valence-electron chi connectivity index (χ2n) is 10.3. The highest BCUT2D eigenvalue weighted by Gasteiger charge is 2.35. The summed E-state index contributed by atoms with van der Waals surface area (Å²) >= 11 is 6.52. The van der Waals surface area contributed by atoms with Crippen LogP contribution in [0, 0.1) is 26.7 Å². The molecular weight excluding hydrogens is 494 g/mol. The predicted octanol–water partition coefficient (Wildman–Crippen LogP) is 4.16. The second-order valence-corrected chi connectivity index (χ2v) is 10.7. The van der Waals surface area contributed by atoms with Gasteiger partial charge in [0.25, 0.3) is 11.5 Å². The highest BCUT2D eigenvalue weighted by atomic mass is 35.5. The van der Waals surface area contributed by atoms with Gasteiger partial charge in [-0.25, -0.2) is 0 Å². The minimum absolute atomic E-state index is 0.0837. The molecule has 2 aliphatic rings. The largest absolute Gasteiger partial charge is 0.484 e. The van der Waals surface area contributed by atoms with Crippen LogP contribution in [-0.4, -0.2) is 61.9 Å². The molecule has 4 rings (SSSR count). The Kier molecular flexibility index (Phi) is 8.82. The number of fused-ring (bicyclic) bond motifs is 1. The molecule has 0 saturated heterocycles. The van der Waals surface area contributed by atoms with Crippen LogP contribution in [0.15, 0.2) is 16.9 Å². The predicted molar refractivity (Wildman–Crippen MR) is 144 cm³/mol. The zero-order valence-corrected chi connectivity index (χ0v) is 23.2. The Hall–Kier alpha value is -2.55. The summed E-state index contributed by atoms with van der Waals surface area (Å²) in [5.74, 6) is 1.10. The second kappa shape index (κ2) is 11.9. The molecule has 1 saturated carbocycles. The molecular formula is C28H38ClN3O5. The smallest absolute Gasteiger partial charge is 0.253 e. The first-order valence-corrected chi connectivity index (χ1v) is 13.4. The van der Waals surface area contributed by atoms with E-state index in [1.54, 1.807) is 13.2 Å². The number of aromatic nitrogens is 1. The Morgan fingerprint density at radius 3 is 2.59 bits per heavy atom. The number of aromatic amines is 1. The van der Waals surface area contributed by atoms with Crippen molar-refractivity contribution in [3.63, 3.8) is 0 Å². The van der Waals surface area contributed by atoms with E-state index in [1.807, 2.05) is 26.8 Å². The van der Waals surface area contributed by atoms with Gasteiger partial charge in [0.15, 0.2) is 11.5 Å². The maximum absolute atomic E-state index is 13.1. The standard InChI is InChI=1S/C28H38ClN3O5/c1-16-12-17(2)31-28(34)22(16)14-30-27(33)21-13-23(29)26-25(18(21)3)37-24(15-36-26)19-6-8-20(9-7-19)32(4)10-11-35-5/h12-13,19-20,24H,6-11,14-15H2,1-5H3,(H,30,33)(H,31,34). The van der Waals surface area contributed by atoms with Crippen LogP contribution in [0.2, 0.25) is 5.02 Å². The van der Waals surface area contributed by atoms with Crippen molar-refractivity contribution in [1.29, 1.82) is 0 Å². The average Bonchev–Trinajstić information content (AvgIpc) is 2.88. The molecule has 37 heavy (non-hydrogen) atoms. The van der Waals surface area contributed by atoms with E-state index < -0.39 is 0 Å². The Bertz CT molecular complexity index is 1190. The molecule has 1 unspecified atom stereocenters. The van der Waals surface area contributed by atoms with Crippen molar-refractivity contribution in [2.75, 3.05) is 33.9 Å². The fourth-order valence-electron chi connectivity index (χ4n) is 5.49. The van der Waals surface area contributed by atoms with Crippen LogP contribution in [0.1, 0.15) is 58.4 Å². The lowest BCUT2D eigenvalue weighted by Crippen LogP contribution is -2.42. The van der Waals surface area contributed by atoms with E-state index in [4.69, 9.17) is 25.8 Å². The number of nitrogens with zero attached hydrogens (tertiary/aromatic N) is 1. The number of benzene rings is 1. The molecule has 0 spiro atoms. The van der Waals surface area contributed by atoms with Gasteiger partial charge in [-0.05, 0) is 77.1 Å². The van der Waals surface area contributed by atoms with E-state index in [9.17, 15) is 9.59 Å². The summed E-state index contributed by atoms with van der Waals surface area (Å²) in [6.07, 6.45) is 4.25. The lowest BCUT2D eigenvalue weighted by atomic mass is 9.82. The number of halogens is 1. The molecule has 202 valence electrons. The maximum atomic E-state index is 13.1. The van der Waals surface area contributed by atoms with Gasteiger partial charge in [-0.2, -0.15) is 0 Å². The molecule has 1 amide bonds. The molecule has 9 heteroatoms. The van der Waals surface area contributed by atoms with Gasteiger partial charge in [-0.15, -0.1) is 0 Å². The number of hydrogen-bond acceptors (Lipinski definition) is 6. The van der Waals surface area contributed by atoms with E-state index >= 15 is 0 Å². The number of aryl methyl sites for hydroxylation is 2. The van der Waals surface area contributed by atoms with Gasteiger partial charge in [0.1, 0.15) is 12.7 Å². The minimum Gasteiger partial charge on any atom is -0.484 e. The number of pyridine rings is 1. The quantitative estimate of drug-likeness (QED) is 0.531. The van der Waals surface area contributed by atoms with Crippen LogP contribution in [0.4, 0.5) is 0 Å². The van der Waals surface area contributed by atoms with Crippen LogP contribution in [0.3, 0.4) is 0 Å². The third-order valence-corrected chi connectivity index (χ3v) is 8.08. The van der Waals surface area contributed by atoms with E-state index in [0.717, 1.165) is 50.1 Å². The molecule has 2 aromatic rings. The first-order chi connectivity index (χ1) is 17.7. The van der Waals surface area contributed by atoms with Gasteiger partial charge in [0.2, 0.25) is 0 Å². The van der Waals surface area contributed by atoms with Crippen LogP contribution in [-0.2, 0) is 11.3 Å². The number of amides is 1. The van der Waals surface area contributed by atoms with Gasteiger partial charge in [-0.1, -0.05) is 11.6 Å². The summed E-state index contributed by atoms with van der Waals surface area (Å²) in [4.78, 5) is 30.6. The maximum Gasteiger partial charge on any atom is 0.253 e. The lowest BCUT2D eigenvalue weighted by Gasteiger charge is -2.39. The molecule has 1 aliphatic heterocycles. The van der Waals surface area contributed by atoms with E-state index in [2.05, 4.69) is 22.2 Å². The van der Waals surface area contributed by atoms with Crippen molar-refractivity contribution in [3.8, 4) is 11.5 Å². The average molecular weight is 532 g/mol. The molecule has 0 radical (unpaired) electrons. The third-order valence-electron chi connectivity index (χ3n) is 7.80. The summed E-state index contributed by atoms with van der Waals surface area (Å²) in [6, 6.07) is 4.06. The molecule has 1 aromatic carbocycles. The zero-order chi connectivity index (χ0) is 26.7. The minimum atomic E-state index is -0.313. The molecule has 2 heterocycles. The number of carbonyl (C=O) groups excluding carboxylic acids is 1. The van der Waals surface area contributed by atoms with Crippen molar-refractivity contribution in [3.05, 3.63) is 55.5 Å². The van der Waals surface area contributed by atoms with Gasteiger partial charge >= 0.3 is 0 Å². The van der Waals surface area contributed by atoms with Gasteiger partial charge < -0.3 is 29.4 Å². The van der Waals surface area contributed by atoms with Gasteiger partial charge in [0.05, 0.1) is 11.6 Å². The van der Waals surface area contributed by atoms with E-state index in [1.165, 1.54) is 0 Å². The summed E-state index contributed by atoms with van der Waals surface area (Å²) in [6.45, 7) is 7.78. The summed E-state index contributed by atoms with van der Waals surface area (Å²) in [7, 11) is 3.90. The Balaban J connectivity index is 1.44. The molecule has 1 fully saturated rings.